The van der Waals surface area contributed by atoms with Crippen molar-refractivity contribution in [3.05, 3.63) is 29.1 Å². The number of urea groups is 1. The van der Waals surface area contributed by atoms with Crippen LogP contribution in [-0.4, -0.2) is 34.4 Å². The Labute approximate surface area is 98.8 Å². The Bertz CT molecular complexity index is 541. The van der Waals surface area contributed by atoms with E-state index in [9.17, 15) is 9.59 Å². The minimum atomic E-state index is -0.750. The minimum Gasteiger partial charge on any atom is -0.312 e. The van der Waals surface area contributed by atoms with Crippen LogP contribution in [0.2, 0.25) is 0 Å². The van der Waals surface area contributed by atoms with Crippen molar-refractivity contribution in [2.24, 2.45) is 0 Å². The van der Waals surface area contributed by atoms with Crippen molar-refractivity contribution in [2.75, 3.05) is 7.05 Å². The summed E-state index contributed by atoms with van der Waals surface area (Å²) in [7, 11) is 1.67. The van der Waals surface area contributed by atoms with Gasteiger partial charge in [0.15, 0.2) is 0 Å². The zero-order valence-corrected chi connectivity index (χ0v) is 9.78. The second-order valence-electron chi connectivity index (χ2n) is 4.82. The molecule has 0 saturated carbocycles. The van der Waals surface area contributed by atoms with Gasteiger partial charge in [0, 0.05) is 31.8 Å². The Kier molecular flexibility index (Phi) is 1.85. The number of nitrogens with one attached hydrogen (secondary N) is 1. The zero-order chi connectivity index (χ0) is 12.2. The summed E-state index contributed by atoms with van der Waals surface area (Å²) in [5, 5.41) is 2.37. The lowest BCUT2D eigenvalue weighted by molar-refractivity contribution is -0.125. The van der Waals surface area contributed by atoms with E-state index >= 15 is 0 Å². The van der Waals surface area contributed by atoms with Crippen LogP contribution in [0.15, 0.2) is 12.3 Å². The van der Waals surface area contributed by atoms with E-state index in [-0.39, 0.29) is 11.9 Å². The van der Waals surface area contributed by atoms with Gasteiger partial charge in [-0.1, -0.05) is 6.07 Å². The van der Waals surface area contributed by atoms with Crippen LogP contribution in [-0.2, 0) is 17.6 Å². The smallest absolute Gasteiger partial charge is 0.312 e. The summed E-state index contributed by atoms with van der Waals surface area (Å²) in [4.78, 5) is 29.4. The van der Waals surface area contributed by atoms with Crippen molar-refractivity contribution in [3.8, 4) is 0 Å². The van der Waals surface area contributed by atoms with Crippen molar-refractivity contribution < 1.29 is 9.59 Å². The van der Waals surface area contributed by atoms with Gasteiger partial charge in [-0.05, 0) is 18.1 Å². The molecule has 1 saturated heterocycles. The molecule has 5 nitrogen and oxygen atoms in total. The Morgan fingerprint density at radius 2 is 2.18 bits per heavy atom. The van der Waals surface area contributed by atoms with Crippen molar-refractivity contribution in [2.45, 2.75) is 25.3 Å². The molecule has 3 amide bonds. The molecular formula is C12H13N3O2. The molecule has 17 heavy (non-hydrogen) atoms. The van der Waals surface area contributed by atoms with E-state index in [1.807, 2.05) is 13.0 Å². The Morgan fingerprint density at radius 3 is 2.82 bits per heavy atom. The van der Waals surface area contributed by atoms with E-state index in [1.54, 1.807) is 13.2 Å². The van der Waals surface area contributed by atoms with E-state index in [0.29, 0.717) is 12.8 Å². The molecule has 3 rings (SSSR count). The molecule has 1 aromatic rings. The predicted octanol–water partition coefficient (Wildman–Crippen LogP) is 0.409. The third kappa shape index (κ3) is 1.22. The Morgan fingerprint density at radius 1 is 1.41 bits per heavy atom. The normalized spacial score (nSPS) is 26.6. The molecule has 0 bridgehead atoms. The molecule has 1 fully saturated rings. The number of amides is 3. The first-order valence-electron chi connectivity index (χ1n) is 5.56. The summed E-state index contributed by atoms with van der Waals surface area (Å²) >= 11 is 0. The molecule has 88 valence electrons. The number of hydrogen-bond donors (Lipinski definition) is 1. The monoisotopic (exact) mass is 231 g/mol. The fraction of sp³-hybridized carbons (Fsp3) is 0.417. The van der Waals surface area contributed by atoms with E-state index in [0.717, 1.165) is 16.8 Å². The number of aryl methyl sites for hydroxylation is 1. The van der Waals surface area contributed by atoms with E-state index in [2.05, 4.69) is 10.3 Å². The number of carbonyl (C=O) groups excluding carboxylic acids is 2. The third-order valence-corrected chi connectivity index (χ3v) is 3.73. The van der Waals surface area contributed by atoms with Crippen molar-refractivity contribution >= 4 is 11.9 Å². The maximum Gasteiger partial charge on any atom is 0.324 e. The highest BCUT2D eigenvalue weighted by molar-refractivity contribution is 6.07. The molecule has 1 atom stereocenters. The van der Waals surface area contributed by atoms with Gasteiger partial charge < -0.3 is 4.90 Å². The number of nitrogens with zero attached hydrogens (tertiary/aromatic N) is 2. The lowest BCUT2D eigenvalue weighted by atomic mass is 9.95. The van der Waals surface area contributed by atoms with Crippen molar-refractivity contribution in [1.29, 1.82) is 0 Å². The first-order valence-corrected chi connectivity index (χ1v) is 5.56. The lowest BCUT2D eigenvalue weighted by Crippen LogP contribution is -2.48. The zero-order valence-electron chi connectivity index (χ0n) is 9.78. The average Bonchev–Trinajstić information content (AvgIpc) is 2.74. The van der Waals surface area contributed by atoms with Crippen molar-refractivity contribution in [3.63, 3.8) is 0 Å². The minimum absolute atomic E-state index is 0.208. The SMILES string of the molecule is Cc1cnc2c(c1)CC1(C2)C(=O)NC(=O)N1C. The number of hydrogen-bond acceptors (Lipinski definition) is 3. The second kappa shape index (κ2) is 3.06. The summed E-state index contributed by atoms with van der Waals surface area (Å²) in [5.74, 6) is -0.208. The van der Waals surface area contributed by atoms with Crippen LogP contribution in [0.5, 0.6) is 0 Å². The molecule has 1 aliphatic heterocycles. The number of carbonyl (C=O) groups is 2. The van der Waals surface area contributed by atoms with Gasteiger partial charge in [-0.3, -0.25) is 15.1 Å². The van der Waals surface area contributed by atoms with Crippen LogP contribution < -0.4 is 5.32 Å². The van der Waals surface area contributed by atoms with Crippen LogP contribution in [0.1, 0.15) is 16.8 Å². The summed E-state index contributed by atoms with van der Waals surface area (Å²) < 4.78 is 0. The quantitative estimate of drug-likeness (QED) is 0.658. The number of fused-ring (bicyclic) bond motifs is 1. The van der Waals surface area contributed by atoms with Gasteiger partial charge in [-0.25, -0.2) is 4.79 Å². The summed E-state index contributed by atoms with van der Waals surface area (Å²) in [6, 6.07) is 1.72. The van der Waals surface area contributed by atoms with Gasteiger partial charge in [0.1, 0.15) is 5.54 Å². The summed E-state index contributed by atoms with van der Waals surface area (Å²) in [6.45, 7) is 1.97. The topological polar surface area (TPSA) is 62.3 Å². The first kappa shape index (κ1) is 10.3. The second-order valence-corrected chi connectivity index (χ2v) is 4.82. The number of imide groups is 1. The highest BCUT2D eigenvalue weighted by Gasteiger charge is 2.54. The van der Waals surface area contributed by atoms with Crippen LogP contribution in [0.4, 0.5) is 4.79 Å². The molecule has 5 heteroatoms. The van der Waals surface area contributed by atoms with Gasteiger partial charge in [0.25, 0.3) is 5.91 Å². The fourth-order valence-corrected chi connectivity index (χ4v) is 2.67. The molecular weight excluding hydrogens is 218 g/mol. The highest BCUT2D eigenvalue weighted by Crippen LogP contribution is 2.36. The van der Waals surface area contributed by atoms with Crippen LogP contribution in [0, 0.1) is 6.92 Å². The number of aromatic nitrogens is 1. The van der Waals surface area contributed by atoms with Crippen LogP contribution in [0.25, 0.3) is 0 Å². The molecule has 1 spiro atoms. The van der Waals surface area contributed by atoms with Crippen LogP contribution in [0.3, 0.4) is 0 Å². The van der Waals surface area contributed by atoms with Gasteiger partial charge in [0.05, 0.1) is 0 Å². The molecule has 0 radical (unpaired) electrons. The predicted molar refractivity (Wildman–Crippen MR) is 60.4 cm³/mol. The average molecular weight is 231 g/mol. The van der Waals surface area contributed by atoms with Crippen molar-refractivity contribution in [1.82, 2.24) is 15.2 Å². The lowest BCUT2D eigenvalue weighted by Gasteiger charge is -2.27. The molecule has 0 aromatic carbocycles. The van der Waals surface area contributed by atoms with Gasteiger partial charge >= 0.3 is 6.03 Å². The highest BCUT2D eigenvalue weighted by atomic mass is 16.2. The number of rotatable bonds is 0. The Hall–Kier alpha value is -1.91. The molecule has 2 heterocycles. The van der Waals surface area contributed by atoms with E-state index in [4.69, 9.17) is 0 Å². The summed E-state index contributed by atoms with van der Waals surface area (Å²) in [6.07, 6.45) is 2.87. The first-order chi connectivity index (χ1) is 8.03. The van der Waals surface area contributed by atoms with E-state index in [1.165, 1.54) is 4.90 Å². The van der Waals surface area contributed by atoms with Gasteiger partial charge in [0.2, 0.25) is 0 Å². The standard InChI is InChI=1S/C12H13N3O2/c1-7-3-8-4-12(5-9(8)13-6-7)10(16)14-11(17)15(12)2/h3,6H,4-5H2,1-2H3,(H,14,16,17). The molecule has 1 unspecified atom stereocenters. The molecule has 1 aromatic heterocycles. The fourth-order valence-electron chi connectivity index (χ4n) is 2.67. The maximum atomic E-state index is 12.0. The molecule has 2 aliphatic rings. The number of likely N-dealkylation sites (N-methyl/N-ethyl adjacent to an activating group) is 1. The van der Waals surface area contributed by atoms with Gasteiger partial charge in [-0.2, -0.15) is 0 Å². The largest absolute Gasteiger partial charge is 0.324 e. The number of pyridine rings is 1. The van der Waals surface area contributed by atoms with Gasteiger partial charge in [-0.15, -0.1) is 0 Å². The summed E-state index contributed by atoms with van der Waals surface area (Å²) in [5.41, 5.74) is 2.32. The van der Waals surface area contributed by atoms with Crippen LogP contribution >= 0.6 is 0 Å². The Balaban J connectivity index is 2.05. The molecule has 1 N–H and O–H groups in total. The van der Waals surface area contributed by atoms with E-state index < -0.39 is 5.54 Å². The third-order valence-electron chi connectivity index (χ3n) is 3.73. The molecule has 1 aliphatic carbocycles. The maximum absolute atomic E-state index is 12.0.